The highest BCUT2D eigenvalue weighted by atomic mass is 16.5. The molecule has 0 aliphatic rings. The molecule has 0 radical (unpaired) electrons. The summed E-state index contributed by atoms with van der Waals surface area (Å²) in [4.78, 5) is 0. The number of hydrogen-bond acceptors (Lipinski definition) is 2. The van der Waals surface area contributed by atoms with Crippen molar-refractivity contribution >= 4 is 6.08 Å². The molecule has 1 aromatic carbocycles. The van der Waals surface area contributed by atoms with E-state index in [4.69, 9.17) is 4.74 Å². The quantitative estimate of drug-likeness (QED) is 0.662. The Labute approximate surface area is 105 Å². The van der Waals surface area contributed by atoms with Crippen LogP contribution in [0.1, 0.15) is 24.8 Å². The summed E-state index contributed by atoms with van der Waals surface area (Å²) in [6, 6.07) is 10.3. The third-order valence-electron chi connectivity index (χ3n) is 2.54. The first-order valence-electron chi connectivity index (χ1n) is 6.37. The molecule has 2 heteroatoms. The molecule has 2 nitrogen and oxygen atoms in total. The van der Waals surface area contributed by atoms with Gasteiger partial charge in [0.2, 0.25) is 0 Å². The van der Waals surface area contributed by atoms with Crippen LogP contribution in [-0.4, -0.2) is 26.8 Å². The van der Waals surface area contributed by atoms with Crippen LogP contribution in [-0.2, 0) is 4.74 Å². The molecule has 0 aromatic heterocycles. The first kappa shape index (κ1) is 13.9. The first-order valence-corrected chi connectivity index (χ1v) is 6.37. The van der Waals surface area contributed by atoms with Crippen molar-refractivity contribution in [2.75, 3.05) is 26.8 Å². The van der Waals surface area contributed by atoms with E-state index in [1.807, 2.05) is 25.2 Å². The molecule has 0 atom stereocenters. The number of benzene rings is 1. The minimum atomic E-state index is 0.709. The topological polar surface area (TPSA) is 21.3 Å². The highest BCUT2D eigenvalue weighted by Gasteiger charge is 1.88. The molecule has 0 aliphatic carbocycles. The molecule has 0 fully saturated rings. The Kier molecular flexibility index (Phi) is 8.25. The predicted octanol–water partition coefficient (Wildman–Crippen LogP) is 3.11. The molecule has 0 amide bonds. The molecular formula is C15H23NO. The largest absolute Gasteiger partial charge is 0.377 e. The zero-order valence-electron chi connectivity index (χ0n) is 10.7. The molecule has 0 heterocycles. The van der Waals surface area contributed by atoms with E-state index < -0.39 is 0 Å². The maximum Gasteiger partial charge on any atom is 0.0650 e. The summed E-state index contributed by atoms with van der Waals surface area (Å²) in [7, 11) is 1.99. The van der Waals surface area contributed by atoms with E-state index in [0.29, 0.717) is 6.61 Å². The minimum Gasteiger partial charge on any atom is -0.377 e. The van der Waals surface area contributed by atoms with Gasteiger partial charge in [0.15, 0.2) is 0 Å². The van der Waals surface area contributed by atoms with Crippen LogP contribution >= 0.6 is 0 Å². The van der Waals surface area contributed by atoms with Gasteiger partial charge in [-0.1, -0.05) is 42.5 Å². The zero-order valence-corrected chi connectivity index (χ0v) is 10.7. The molecule has 1 N–H and O–H groups in total. The van der Waals surface area contributed by atoms with Gasteiger partial charge in [0.25, 0.3) is 0 Å². The number of hydrogen-bond donors (Lipinski definition) is 1. The van der Waals surface area contributed by atoms with E-state index in [-0.39, 0.29) is 0 Å². The van der Waals surface area contributed by atoms with Crippen LogP contribution in [0.25, 0.3) is 6.08 Å². The summed E-state index contributed by atoms with van der Waals surface area (Å²) in [6.07, 6.45) is 7.80. The van der Waals surface area contributed by atoms with Crippen molar-refractivity contribution in [3.63, 3.8) is 0 Å². The molecular weight excluding hydrogens is 210 g/mol. The van der Waals surface area contributed by atoms with Gasteiger partial charge >= 0.3 is 0 Å². The predicted molar refractivity (Wildman–Crippen MR) is 74.1 cm³/mol. The standard InChI is InChI=1S/C15H23NO/c1-16-12-6-3-7-13-17-14-8-11-15-9-4-2-5-10-15/h2,4-5,8-11,16H,3,6-7,12-14H2,1H3. The van der Waals surface area contributed by atoms with Crippen LogP contribution in [0, 0.1) is 0 Å². The Morgan fingerprint density at radius 1 is 1.12 bits per heavy atom. The van der Waals surface area contributed by atoms with Gasteiger partial charge in [-0.25, -0.2) is 0 Å². The maximum absolute atomic E-state index is 5.53. The van der Waals surface area contributed by atoms with E-state index in [1.54, 1.807) is 0 Å². The molecule has 1 aromatic rings. The van der Waals surface area contributed by atoms with Crippen molar-refractivity contribution in [1.29, 1.82) is 0 Å². The molecule has 0 aliphatic heterocycles. The second kappa shape index (κ2) is 10.1. The highest BCUT2D eigenvalue weighted by molar-refractivity contribution is 5.48. The van der Waals surface area contributed by atoms with Gasteiger partial charge in [0.1, 0.15) is 0 Å². The lowest BCUT2D eigenvalue weighted by Gasteiger charge is -2.01. The highest BCUT2D eigenvalue weighted by Crippen LogP contribution is 2.01. The second-order valence-corrected chi connectivity index (χ2v) is 4.05. The SMILES string of the molecule is CNCCCCCOCC=Cc1ccccc1. The zero-order chi connectivity index (χ0) is 12.2. The second-order valence-electron chi connectivity index (χ2n) is 4.05. The first-order chi connectivity index (χ1) is 8.43. The molecule has 94 valence electrons. The Hall–Kier alpha value is -1.12. The van der Waals surface area contributed by atoms with E-state index in [2.05, 4.69) is 29.6 Å². The number of nitrogens with one attached hydrogen (secondary N) is 1. The van der Waals surface area contributed by atoms with Crippen LogP contribution in [0.2, 0.25) is 0 Å². The summed E-state index contributed by atoms with van der Waals surface area (Å²) in [6.45, 7) is 2.68. The van der Waals surface area contributed by atoms with Crippen molar-refractivity contribution < 1.29 is 4.74 Å². The third-order valence-corrected chi connectivity index (χ3v) is 2.54. The lowest BCUT2D eigenvalue weighted by molar-refractivity contribution is 0.157. The molecule has 1 rings (SSSR count). The molecule has 0 unspecified atom stereocenters. The lowest BCUT2D eigenvalue weighted by Crippen LogP contribution is -2.07. The number of unbranched alkanes of at least 4 members (excludes halogenated alkanes) is 2. The fourth-order valence-electron chi connectivity index (χ4n) is 1.58. The van der Waals surface area contributed by atoms with Crippen LogP contribution in [0.3, 0.4) is 0 Å². The van der Waals surface area contributed by atoms with Gasteiger partial charge in [0, 0.05) is 6.61 Å². The van der Waals surface area contributed by atoms with Crippen molar-refractivity contribution in [2.24, 2.45) is 0 Å². The van der Waals surface area contributed by atoms with Gasteiger partial charge in [-0.2, -0.15) is 0 Å². The molecule has 17 heavy (non-hydrogen) atoms. The lowest BCUT2D eigenvalue weighted by atomic mass is 10.2. The normalized spacial score (nSPS) is 11.1. The van der Waals surface area contributed by atoms with Crippen molar-refractivity contribution in [3.8, 4) is 0 Å². The summed E-state index contributed by atoms with van der Waals surface area (Å²) >= 11 is 0. The Balaban J connectivity index is 1.95. The number of rotatable bonds is 9. The van der Waals surface area contributed by atoms with Crippen molar-refractivity contribution in [1.82, 2.24) is 5.32 Å². The molecule has 0 saturated heterocycles. The summed E-state index contributed by atoms with van der Waals surface area (Å²) in [5, 5.41) is 3.15. The monoisotopic (exact) mass is 233 g/mol. The van der Waals surface area contributed by atoms with Gasteiger partial charge in [-0.3, -0.25) is 0 Å². The van der Waals surface area contributed by atoms with Crippen molar-refractivity contribution in [3.05, 3.63) is 42.0 Å². The van der Waals surface area contributed by atoms with Crippen molar-refractivity contribution in [2.45, 2.75) is 19.3 Å². The van der Waals surface area contributed by atoms with Crippen LogP contribution < -0.4 is 5.32 Å². The third kappa shape index (κ3) is 7.72. The smallest absolute Gasteiger partial charge is 0.0650 e. The van der Waals surface area contributed by atoms with Crippen LogP contribution in [0.15, 0.2) is 36.4 Å². The minimum absolute atomic E-state index is 0.709. The van der Waals surface area contributed by atoms with Gasteiger partial charge in [-0.15, -0.1) is 0 Å². The summed E-state index contributed by atoms with van der Waals surface area (Å²) in [5.74, 6) is 0. The average Bonchev–Trinajstić information content (AvgIpc) is 2.38. The van der Waals surface area contributed by atoms with Gasteiger partial charge in [-0.05, 0) is 38.4 Å². The molecule has 0 spiro atoms. The number of ether oxygens (including phenoxy) is 1. The maximum atomic E-state index is 5.53. The molecule has 0 bridgehead atoms. The Bertz CT molecular complexity index is 295. The van der Waals surface area contributed by atoms with E-state index >= 15 is 0 Å². The molecule has 0 saturated carbocycles. The van der Waals surface area contributed by atoms with E-state index in [9.17, 15) is 0 Å². The summed E-state index contributed by atoms with van der Waals surface area (Å²) < 4.78 is 5.53. The fourth-order valence-corrected chi connectivity index (χ4v) is 1.58. The summed E-state index contributed by atoms with van der Waals surface area (Å²) in [5.41, 5.74) is 1.23. The Morgan fingerprint density at radius 2 is 1.94 bits per heavy atom. The van der Waals surface area contributed by atoms with E-state index in [0.717, 1.165) is 19.6 Å². The van der Waals surface area contributed by atoms with Gasteiger partial charge < -0.3 is 10.1 Å². The van der Waals surface area contributed by atoms with Crippen LogP contribution in [0.5, 0.6) is 0 Å². The van der Waals surface area contributed by atoms with Crippen LogP contribution in [0.4, 0.5) is 0 Å². The Morgan fingerprint density at radius 3 is 2.71 bits per heavy atom. The average molecular weight is 233 g/mol. The van der Waals surface area contributed by atoms with E-state index in [1.165, 1.54) is 18.4 Å². The van der Waals surface area contributed by atoms with Gasteiger partial charge in [0.05, 0.1) is 6.61 Å². The fraction of sp³-hybridized carbons (Fsp3) is 0.467.